The van der Waals surface area contributed by atoms with Gasteiger partial charge in [-0.3, -0.25) is 14.8 Å². The third kappa shape index (κ3) is 6.50. The Balaban J connectivity index is 0.000000261. The first-order valence-corrected chi connectivity index (χ1v) is 11.0. The molecule has 0 bridgehead atoms. The lowest BCUT2D eigenvalue weighted by Gasteiger charge is -2.09. The van der Waals surface area contributed by atoms with Crippen LogP contribution in [0.2, 0.25) is 0 Å². The highest BCUT2D eigenvalue weighted by Gasteiger charge is 2.11. The van der Waals surface area contributed by atoms with Crippen LogP contribution in [0.25, 0.3) is 10.8 Å². The van der Waals surface area contributed by atoms with E-state index in [2.05, 4.69) is 5.32 Å². The van der Waals surface area contributed by atoms with E-state index in [1.165, 1.54) is 24.3 Å². The van der Waals surface area contributed by atoms with Crippen LogP contribution in [-0.2, 0) is 6.54 Å². The number of hydrogen-bond donors (Lipinski definition) is 5. The van der Waals surface area contributed by atoms with Crippen LogP contribution in [0.15, 0.2) is 78.9 Å². The SMILES string of the molecule is O=C(NO)c1ccc(C(=O)NCc2cccc3ccccc23)cc1.O=C(O)c1ccc(C(=O)O)s1. The molecule has 1 aromatic heterocycles. The molecule has 0 fully saturated rings. The number of benzene rings is 3. The highest BCUT2D eigenvalue weighted by molar-refractivity contribution is 7.15. The zero-order valence-corrected chi connectivity index (χ0v) is 18.9. The number of nitrogens with one attached hydrogen (secondary N) is 2. The van der Waals surface area contributed by atoms with Gasteiger partial charge in [-0.05, 0) is 52.7 Å². The van der Waals surface area contributed by atoms with Gasteiger partial charge in [0.05, 0.1) is 0 Å². The minimum atomic E-state index is -1.09. The summed E-state index contributed by atoms with van der Waals surface area (Å²) in [6.45, 7) is 0.416. The Bertz CT molecular complexity index is 1350. The summed E-state index contributed by atoms with van der Waals surface area (Å²) in [7, 11) is 0. The first-order valence-electron chi connectivity index (χ1n) is 10.2. The Morgan fingerprint density at radius 1 is 0.686 bits per heavy atom. The molecule has 0 unspecified atom stereocenters. The van der Waals surface area contributed by atoms with Gasteiger partial charge in [-0.1, -0.05) is 42.5 Å². The molecule has 3 aromatic carbocycles. The smallest absolute Gasteiger partial charge is 0.345 e. The van der Waals surface area contributed by atoms with Gasteiger partial charge < -0.3 is 15.5 Å². The van der Waals surface area contributed by atoms with Gasteiger partial charge in [0, 0.05) is 17.7 Å². The molecule has 0 radical (unpaired) electrons. The second kappa shape index (κ2) is 11.5. The molecule has 4 rings (SSSR count). The maximum absolute atomic E-state index is 12.2. The van der Waals surface area contributed by atoms with Gasteiger partial charge in [0.1, 0.15) is 9.75 Å². The summed E-state index contributed by atoms with van der Waals surface area (Å²) in [6, 6.07) is 22.6. The number of carboxylic acids is 2. The van der Waals surface area contributed by atoms with E-state index in [0.717, 1.165) is 27.7 Å². The fraction of sp³-hybridized carbons (Fsp3) is 0.0400. The van der Waals surface area contributed by atoms with E-state index in [0.29, 0.717) is 12.1 Å². The maximum Gasteiger partial charge on any atom is 0.345 e. The number of carbonyl (C=O) groups is 4. The number of hydroxylamine groups is 1. The summed E-state index contributed by atoms with van der Waals surface area (Å²) in [5.74, 6) is -3.03. The second-order valence-electron chi connectivity index (χ2n) is 7.11. The molecule has 10 heteroatoms. The summed E-state index contributed by atoms with van der Waals surface area (Å²) in [5.41, 5.74) is 3.32. The number of carboxylic acid groups (broad SMARTS) is 2. The van der Waals surface area contributed by atoms with Crippen LogP contribution in [0.1, 0.15) is 45.6 Å². The van der Waals surface area contributed by atoms with E-state index in [1.54, 1.807) is 17.6 Å². The monoisotopic (exact) mass is 492 g/mol. The molecule has 0 spiro atoms. The molecule has 9 nitrogen and oxygen atoms in total. The number of rotatable bonds is 6. The van der Waals surface area contributed by atoms with Crippen molar-refractivity contribution in [2.24, 2.45) is 0 Å². The van der Waals surface area contributed by atoms with Crippen LogP contribution < -0.4 is 10.8 Å². The van der Waals surface area contributed by atoms with E-state index >= 15 is 0 Å². The standard InChI is InChI=1S/C19H16N2O3.C6H4O4S/c22-18(14-8-10-15(11-9-14)19(23)21-24)20-12-16-6-3-5-13-4-1-2-7-17(13)16;7-5(8)3-1-2-4(11-3)6(9)10/h1-11,24H,12H2,(H,20,22)(H,21,23);1-2H,(H,7,8)(H,9,10). The van der Waals surface area contributed by atoms with Crippen molar-refractivity contribution in [1.29, 1.82) is 0 Å². The predicted molar refractivity (Wildman–Crippen MR) is 129 cm³/mol. The number of aromatic carboxylic acids is 2. The molecule has 2 amide bonds. The zero-order chi connectivity index (χ0) is 25.4. The molecule has 0 saturated heterocycles. The van der Waals surface area contributed by atoms with E-state index in [-0.39, 0.29) is 21.2 Å². The Labute approximate surface area is 203 Å². The fourth-order valence-electron chi connectivity index (χ4n) is 3.13. The van der Waals surface area contributed by atoms with Crippen LogP contribution in [-0.4, -0.2) is 39.2 Å². The zero-order valence-electron chi connectivity index (χ0n) is 18.1. The normalized spacial score (nSPS) is 10.1. The Hall–Kier alpha value is -4.54. The van der Waals surface area contributed by atoms with Crippen LogP contribution in [0.4, 0.5) is 0 Å². The van der Waals surface area contributed by atoms with E-state index < -0.39 is 17.8 Å². The van der Waals surface area contributed by atoms with Gasteiger partial charge in [0.15, 0.2) is 0 Å². The van der Waals surface area contributed by atoms with Crippen molar-refractivity contribution in [3.05, 3.63) is 105 Å². The lowest BCUT2D eigenvalue weighted by Crippen LogP contribution is -2.23. The summed E-state index contributed by atoms with van der Waals surface area (Å²) < 4.78 is 0. The first kappa shape index (κ1) is 25.1. The fourth-order valence-corrected chi connectivity index (χ4v) is 3.81. The molecule has 0 atom stereocenters. The van der Waals surface area contributed by atoms with Crippen molar-refractivity contribution in [1.82, 2.24) is 10.8 Å². The molecule has 1 heterocycles. The van der Waals surface area contributed by atoms with Crippen LogP contribution in [0.3, 0.4) is 0 Å². The molecule has 0 aliphatic heterocycles. The first-order chi connectivity index (χ1) is 16.8. The average molecular weight is 493 g/mol. The summed E-state index contributed by atoms with van der Waals surface area (Å²) in [5, 5.41) is 30.5. The highest BCUT2D eigenvalue weighted by atomic mass is 32.1. The summed E-state index contributed by atoms with van der Waals surface area (Å²) in [4.78, 5) is 44.1. The molecule has 35 heavy (non-hydrogen) atoms. The van der Waals surface area contributed by atoms with Crippen LogP contribution in [0.5, 0.6) is 0 Å². The molecular formula is C25H20N2O7S. The molecule has 5 N–H and O–H groups in total. The second-order valence-corrected chi connectivity index (χ2v) is 8.20. The van der Waals surface area contributed by atoms with Crippen molar-refractivity contribution in [2.45, 2.75) is 6.54 Å². The molecule has 4 aromatic rings. The van der Waals surface area contributed by atoms with Gasteiger partial charge in [-0.25, -0.2) is 15.1 Å². The molecule has 0 aliphatic rings. The maximum atomic E-state index is 12.2. The van der Waals surface area contributed by atoms with Gasteiger partial charge in [0.2, 0.25) is 0 Å². The van der Waals surface area contributed by atoms with Gasteiger partial charge in [0.25, 0.3) is 11.8 Å². The van der Waals surface area contributed by atoms with Crippen molar-refractivity contribution in [2.75, 3.05) is 0 Å². The lowest BCUT2D eigenvalue weighted by molar-refractivity contribution is 0.0693. The number of thiophene rings is 1. The minimum absolute atomic E-state index is 0.0439. The molecule has 0 aliphatic carbocycles. The number of fused-ring (bicyclic) bond motifs is 1. The van der Waals surface area contributed by atoms with E-state index in [1.807, 2.05) is 42.5 Å². The van der Waals surface area contributed by atoms with E-state index in [9.17, 15) is 19.2 Å². The Morgan fingerprint density at radius 3 is 1.77 bits per heavy atom. The lowest BCUT2D eigenvalue weighted by atomic mass is 10.0. The van der Waals surface area contributed by atoms with Crippen molar-refractivity contribution in [3.8, 4) is 0 Å². The topological polar surface area (TPSA) is 153 Å². The average Bonchev–Trinajstić information content (AvgIpc) is 3.39. The highest BCUT2D eigenvalue weighted by Crippen LogP contribution is 2.18. The predicted octanol–water partition coefficient (Wildman–Crippen LogP) is 4.03. The van der Waals surface area contributed by atoms with Crippen molar-refractivity contribution >= 4 is 45.9 Å². The third-order valence-corrected chi connectivity index (χ3v) is 5.92. The molecule has 0 saturated carbocycles. The number of amides is 2. The molecular weight excluding hydrogens is 472 g/mol. The van der Waals surface area contributed by atoms with Crippen LogP contribution in [0, 0.1) is 0 Å². The minimum Gasteiger partial charge on any atom is -0.477 e. The quantitative estimate of drug-likeness (QED) is 0.201. The number of carbonyl (C=O) groups excluding carboxylic acids is 2. The Morgan fingerprint density at radius 2 is 1.23 bits per heavy atom. The third-order valence-electron chi connectivity index (χ3n) is 4.86. The van der Waals surface area contributed by atoms with Crippen molar-refractivity contribution in [3.63, 3.8) is 0 Å². The summed E-state index contributed by atoms with van der Waals surface area (Å²) in [6.07, 6.45) is 0. The summed E-state index contributed by atoms with van der Waals surface area (Å²) >= 11 is 0.750. The molecule has 178 valence electrons. The van der Waals surface area contributed by atoms with Crippen molar-refractivity contribution < 1.29 is 34.6 Å². The van der Waals surface area contributed by atoms with Gasteiger partial charge in [-0.2, -0.15) is 0 Å². The van der Waals surface area contributed by atoms with Gasteiger partial charge >= 0.3 is 11.9 Å². The van der Waals surface area contributed by atoms with Crippen LogP contribution >= 0.6 is 11.3 Å². The van der Waals surface area contributed by atoms with E-state index in [4.69, 9.17) is 15.4 Å². The number of hydrogen-bond acceptors (Lipinski definition) is 6. The Kier molecular flexibility index (Phi) is 8.28. The largest absolute Gasteiger partial charge is 0.477 e. The van der Waals surface area contributed by atoms with Gasteiger partial charge in [-0.15, -0.1) is 11.3 Å².